The molecule has 22 heavy (non-hydrogen) atoms. The molecular formula is C16H14N4O2. The fourth-order valence-electron chi connectivity index (χ4n) is 2.63. The Labute approximate surface area is 126 Å². The van der Waals surface area contributed by atoms with Gasteiger partial charge >= 0.3 is 0 Å². The second-order valence-corrected chi connectivity index (χ2v) is 5.26. The summed E-state index contributed by atoms with van der Waals surface area (Å²) in [6.45, 7) is 2.19. The number of nitrogens with one attached hydrogen (secondary N) is 1. The van der Waals surface area contributed by atoms with E-state index in [1.54, 1.807) is 4.52 Å². The maximum Gasteiger partial charge on any atom is 0.249 e. The van der Waals surface area contributed by atoms with E-state index in [9.17, 15) is 4.79 Å². The first kappa shape index (κ1) is 12.8. The molecule has 0 spiro atoms. The lowest BCUT2D eigenvalue weighted by molar-refractivity contribution is -0.114. The summed E-state index contributed by atoms with van der Waals surface area (Å²) in [5.74, 6) is 1.10. The molecule has 0 saturated heterocycles. The van der Waals surface area contributed by atoms with E-state index in [4.69, 9.17) is 4.74 Å². The van der Waals surface area contributed by atoms with Crippen molar-refractivity contribution in [2.45, 2.75) is 13.3 Å². The smallest absolute Gasteiger partial charge is 0.249 e. The Kier molecular flexibility index (Phi) is 2.82. The van der Waals surface area contributed by atoms with Gasteiger partial charge in [-0.2, -0.15) is 4.98 Å². The van der Waals surface area contributed by atoms with Crippen LogP contribution in [0.25, 0.3) is 16.8 Å². The molecule has 1 aromatic carbocycles. The van der Waals surface area contributed by atoms with E-state index >= 15 is 0 Å². The highest BCUT2D eigenvalue weighted by molar-refractivity contribution is 5.86. The molecule has 6 heteroatoms. The quantitative estimate of drug-likeness (QED) is 0.787. The molecule has 0 unspecified atom stereocenters. The molecule has 1 aliphatic rings. The molecular weight excluding hydrogens is 280 g/mol. The van der Waals surface area contributed by atoms with Crippen molar-refractivity contribution in [3.8, 4) is 16.9 Å². The fourth-order valence-corrected chi connectivity index (χ4v) is 2.63. The van der Waals surface area contributed by atoms with Gasteiger partial charge in [-0.25, -0.2) is 4.52 Å². The summed E-state index contributed by atoms with van der Waals surface area (Å²) in [6, 6.07) is 10.1. The highest BCUT2D eigenvalue weighted by atomic mass is 16.5. The van der Waals surface area contributed by atoms with E-state index in [1.165, 1.54) is 12.5 Å². The number of fused-ring (bicyclic) bond motifs is 2. The van der Waals surface area contributed by atoms with Crippen LogP contribution >= 0.6 is 0 Å². The summed E-state index contributed by atoms with van der Waals surface area (Å²) < 4.78 is 7.20. The largest absolute Gasteiger partial charge is 0.493 e. The van der Waals surface area contributed by atoms with Gasteiger partial charge in [-0.15, -0.1) is 5.10 Å². The molecule has 1 aliphatic heterocycles. The predicted octanol–water partition coefficient (Wildman–Crippen LogP) is 2.29. The third-order valence-electron chi connectivity index (χ3n) is 3.64. The van der Waals surface area contributed by atoms with Gasteiger partial charge in [0, 0.05) is 25.1 Å². The van der Waals surface area contributed by atoms with Crippen LogP contribution < -0.4 is 10.1 Å². The number of hydrogen-bond acceptors (Lipinski definition) is 4. The number of ether oxygens (including phenoxy) is 1. The lowest BCUT2D eigenvalue weighted by atomic mass is 10.0. The Balaban J connectivity index is 1.74. The molecule has 3 aromatic rings. The van der Waals surface area contributed by atoms with E-state index in [0.717, 1.165) is 29.9 Å². The Morgan fingerprint density at radius 1 is 1.27 bits per heavy atom. The predicted molar refractivity (Wildman–Crippen MR) is 81.9 cm³/mol. The van der Waals surface area contributed by atoms with Crippen molar-refractivity contribution < 1.29 is 9.53 Å². The zero-order chi connectivity index (χ0) is 15.1. The van der Waals surface area contributed by atoms with Crippen LogP contribution in [-0.4, -0.2) is 27.1 Å². The normalized spacial score (nSPS) is 13.0. The number of nitrogens with zero attached hydrogens (tertiary/aromatic N) is 3. The van der Waals surface area contributed by atoms with E-state index in [0.29, 0.717) is 11.6 Å². The molecule has 0 bridgehead atoms. The van der Waals surface area contributed by atoms with Crippen LogP contribution in [0.2, 0.25) is 0 Å². The number of carbonyl (C=O) groups excluding carboxylic acids is 1. The Hall–Kier alpha value is -2.89. The van der Waals surface area contributed by atoms with Crippen LogP contribution in [0.4, 0.5) is 5.95 Å². The average Bonchev–Trinajstić information content (AvgIpc) is 3.10. The highest BCUT2D eigenvalue weighted by Gasteiger charge is 2.13. The van der Waals surface area contributed by atoms with Crippen LogP contribution in [-0.2, 0) is 11.2 Å². The summed E-state index contributed by atoms with van der Waals surface area (Å²) in [5, 5.41) is 6.85. The number of carbonyl (C=O) groups is 1. The van der Waals surface area contributed by atoms with Gasteiger partial charge in [0.2, 0.25) is 11.9 Å². The van der Waals surface area contributed by atoms with Gasteiger partial charge in [-0.1, -0.05) is 6.07 Å². The third kappa shape index (κ3) is 2.18. The minimum Gasteiger partial charge on any atom is -0.493 e. The second kappa shape index (κ2) is 4.84. The lowest BCUT2D eigenvalue weighted by Crippen LogP contribution is -2.07. The molecule has 0 fully saturated rings. The van der Waals surface area contributed by atoms with Gasteiger partial charge in [0.15, 0.2) is 5.65 Å². The maximum absolute atomic E-state index is 11.1. The molecule has 1 amide bonds. The van der Waals surface area contributed by atoms with Crippen molar-refractivity contribution in [3.63, 3.8) is 0 Å². The van der Waals surface area contributed by atoms with Gasteiger partial charge in [0.25, 0.3) is 0 Å². The lowest BCUT2D eigenvalue weighted by Gasteiger charge is -2.04. The second-order valence-electron chi connectivity index (χ2n) is 5.26. The van der Waals surface area contributed by atoms with E-state index in [-0.39, 0.29) is 5.91 Å². The summed E-state index contributed by atoms with van der Waals surface area (Å²) in [4.78, 5) is 15.3. The fraction of sp³-hybridized carbons (Fsp3) is 0.188. The number of benzene rings is 1. The maximum atomic E-state index is 11.1. The van der Waals surface area contributed by atoms with Gasteiger partial charge in [-0.05, 0) is 35.4 Å². The SMILES string of the molecule is CC(=O)Nc1nc2ccc(-c3ccc4c(c3)CCO4)cn2n1. The van der Waals surface area contributed by atoms with Crippen molar-refractivity contribution in [2.75, 3.05) is 11.9 Å². The molecule has 0 radical (unpaired) electrons. The average molecular weight is 294 g/mol. The van der Waals surface area contributed by atoms with Gasteiger partial charge in [0.1, 0.15) is 5.75 Å². The molecule has 0 atom stereocenters. The van der Waals surface area contributed by atoms with Crippen molar-refractivity contribution in [3.05, 3.63) is 42.1 Å². The number of aromatic nitrogens is 3. The zero-order valence-electron chi connectivity index (χ0n) is 12.0. The summed E-state index contributed by atoms with van der Waals surface area (Å²) >= 11 is 0. The Morgan fingerprint density at radius 2 is 2.14 bits per heavy atom. The molecule has 2 aromatic heterocycles. The summed E-state index contributed by atoms with van der Waals surface area (Å²) in [7, 11) is 0. The zero-order valence-corrected chi connectivity index (χ0v) is 12.0. The summed E-state index contributed by atoms with van der Waals surface area (Å²) in [5.41, 5.74) is 4.08. The number of amides is 1. The molecule has 6 nitrogen and oxygen atoms in total. The van der Waals surface area contributed by atoms with Crippen molar-refractivity contribution >= 4 is 17.5 Å². The van der Waals surface area contributed by atoms with Crippen molar-refractivity contribution in [2.24, 2.45) is 0 Å². The Morgan fingerprint density at radius 3 is 3.00 bits per heavy atom. The molecule has 4 rings (SSSR count). The van der Waals surface area contributed by atoms with Crippen molar-refractivity contribution in [1.82, 2.24) is 14.6 Å². The van der Waals surface area contributed by atoms with E-state index in [2.05, 4.69) is 21.5 Å². The van der Waals surface area contributed by atoms with Crippen LogP contribution in [0.5, 0.6) is 5.75 Å². The van der Waals surface area contributed by atoms with Crippen LogP contribution in [0, 0.1) is 0 Å². The number of hydrogen-bond donors (Lipinski definition) is 1. The first-order chi connectivity index (χ1) is 10.7. The number of rotatable bonds is 2. The van der Waals surface area contributed by atoms with Gasteiger partial charge in [-0.3, -0.25) is 10.1 Å². The van der Waals surface area contributed by atoms with E-state index in [1.807, 2.05) is 30.5 Å². The number of pyridine rings is 1. The van der Waals surface area contributed by atoms with E-state index < -0.39 is 0 Å². The third-order valence-corrected chi connectivity index (χ3v) is 3.64. The van der Waals surface area contributed by atoms with Crippen LogP contribution in [0.1, 0.15) is 12.5 Å². The summed E-state index contributed by atoms with van der Waals surface area (Å²) in [6.07, 6.45) is 2.85. The van der Waals surface area contributed by atoms with Gasteiger partial charge in [0.05, 0.1) is 6.61 Å². The van der Waals surface area contributed by atoms with Crippen LogP contribution in [0.15, 0.2) is 36.5 Å². The molecule has 1 N–H and O–H groups in total. The monoisotopic (exact) mass is 294 g/mol. The van der Waals surface area contributed by atoms with Crippen molar-refractivity contribution in [1.29, 1.82) is 0 Å². The standard InChI is InChI=1S/C16H14N4O2/c1-10(21)17-16-18-15-5-3-13(9-20(15)19-16)11-2-4-14-12(8-11)6-7-22-14/h2-5,8-9H,6-7H2,1H3,(H,17,19,21). The molecule has 0 aliphatic carbocycles. The Bertz CT molecular complexity index is 885. The highest BCUT2D eigenvalue weighted by Crippen LogP contribution is 2.30. The molecule has 3 heterocycles. The minimum atomic E-state index is -0.185. The first-order valence-corrected chi connectivity index (χ1v) is 7.09. The topological polar surface area (TPSA) is 68.5 Å². The van der Waals surface area contributed by atoms with Crippen LogP contribution in [0.3, 0.4) is 0 Å². The minimum absolute atomic E-state index is 0.185. The number of anilines is 1. The first-order valence-electron chi connectivity index (χ1n) is 7.09. The molecule has 0 saturated carbocycles. The van der Waals surface area contributed by atoms with Gasteiger partial charge < -0.3 is 4.74 Å². The molecule has 110 valence electrons.